The van der Waals surface area contributed by atoms with Crippen LogP contribution in [0, 0.1) is 0 Å². The molecule has 1 amide bonds. The average Bonchev–Trinajstić information content (AvgIpc) is 2.79. The van der Waals surface area contributed by atoms with Crippen molar-refractivity contribution in [3.05, 3.63) is 84.4 Å². The van der Waals surface area contributed by atoms with E-state index in [1.165, 1.54) is 36.4 Å². The number of sulfonamides is 1. The number of halogens is 2. The Kier molecular flexibility index (Phi) is 8.01. The Morgan fingerprint density at radius 3 is 2.21 bits per heavy atom. The van der Waals surface area contributed by atoms with E-state index in [1.54, 1.807) is 42.5 Å². The van der Waals surface area contributed by atoms with E-state index in [1.807, 2.05) is 0 Å². The number of hydrogen-bond acceptors (Lipinski definition) is 6. The fourth-order valence-electron chi connectivity index (χ4n) is 2.66. The summed E-state index contributed by atoms with van der Waals surface area (Å²) in [6.45, 7) is -0.651. The van der Waals surface area contributed by atoms with Gasteiger partial charge < -0.3 is 10.1 Å². The average molecular weight is 493 g/mol. The molecule has 0 aliphatic carbocycles. The minimum atomic E-state index is -3.85. The van der Waals surface area contributed by atoms with E-state index < -0.39 is 34.3 Å². The highest BCUT2D eigenvalue weighted by molar-refractivity contribution is 7.99. The second-order valence-electron chi connectivity index (χ2n) is 6.49. The zero-order chi connectivity index (χ0) is 23.8. The lowest BCUT2D eigenvalue weighted by molar-refractivity contribution is -0.119. The van der Waals surface area contributed by atoms with Crippen LogP contribution in [-0.2, 0) is 19.6 Å². The number of thioether (sulfide) groups is 1. The quantitative estimate of drug-likeness (QED) is 0.335. The molecular weight excluding hydrogens is 474 g/mol. The molecular formula is C22H18F2N2O5S2. The second-order valence-corrected chi connectivity index (χ2v) is 9.21. The van der Waals surface area contributed by atoms with Crippen molar-refractivity contribution in [2.24, 2.45) is 0 Å². The number of rotatable bonds is 9. The molecule has 2 N–H and O–H groups in total. The molecule has 0 aliphatic rings. The predicted molar refractivity (Wildman–Crippen MR) is 121 cm³/mol. The van der Waals surface area contributed by atoms with Crippen molar-refractivity contribution in [2.75, 3.05) is 16.6 Å². The van der Waals surface area contributed by atoms with Crippen molar-refractivity contribution in [3.8, 4) is 0 Å². The molecule has 3 aromatic carbocycles. The van der Waals surface area contributed by atoms with Crippen molar-refractivity contribution < 1.29 is 31.5 Å². The molecule has 0 saturated carbocycles. The first kappa shape index (κ1) is 24.2. The molecule has 0 spiro atoms. The number of amides is 1. The zero-order valence-electron chi connectivity index (χ0n) is 16.9. The van der Waals surface area contributed by atoms with Gasteiger partial charge in [0.25, 0.3) is 21.7 Å². The Morgan fingerprint density at radius 2 is 1.55 bits per heavy atom. The van der Waals surface area contributed by atoms with E-state index in [9.17, 15) is 26.8 Å². The summed E-state index contributed by atoms with van der Waals surface area (Å²) < 4.78 is 57.5. The maximum Gasteiger partial charge on any atom is 0.338 e. The van der Waals surface area contributed by atoms with Gasteiger partial charge in [-0.1, -0.05) is 42.1 Å². The molecule has 0 radical (unpaired) electrons. The third kappa shape index (κ3) is 7.02. The van der Waals surface area contributed by atoms with Crippen LogP contribution >= 0.6 is 11.8 Å². The van der Waals surface area contributed by atoms with Gasteiger partial charge in [-0.05, 0) is 48.5 Å². The van der Waals surface area contributed by atoms with Crippen LogP contribution in [0.5, 0.6) is 0 Å². The smallest absolute Gasteiger partial charge is 0.338 e. The SMILES string of the molecule is O=C(COC(=O)c1ccc(S(=O)(=O)Nc2ccccc2)cc1)Nc1ccccc1SC(F)F. The largest absolute Gasteiger partial charge is 0.452 e. The normalized spacial score (nSPS) is 11.1. The summed E-state index contributed by atoms with van der Waals surface area (Å²) in [5.41, 5.74) is 0.597. The Morgan fingerprint density at radius 1 is 0.909 bits per heavy atom. The van der Waals surface area contributed by atoms with E-state index in [0.717, 1.165) is 0 Å². The van der Waals surface area contributed by atoms with Crippen LogP contribution in [-0.4, -0.2) is 32.7 Å². The van der Waals surface area contributed by atoms with Crippen LogP contribution in [0.1, 0.15) is 10.4 Å². The number of esters is 1. The van der Waals surface area contributed by atoms with Crippen molar-refractivity contribution in [1.29, 1.82) is 0 Å². The maximum absolute atomic E-state index is 12.6. The third-order valence-electron chi connectivity index (χ3n) is 4.14. The molecule has 0 aromatic heterocycles. The first-order valence-electron chi connectivity index (χ1n) is 9.43. The van der Waals surface area contributed by atoms with Gasteiger partial charge >= 0.3 is 5.97 Å². The van der Waals surface area contributed by atoms with E-state index in [2.05, 4.69) is 10.0 Å². The number of benzene rings is 3. The fraction of sp³-hybridized carbons (Fsp3) is 0.0909. The maximum atomic E-state index is 12.6. The highest BCUT2D eigenvalue weighted by Crippen LogP contribution is 2.31. The predicted octanol–water partition coefficient (Wildman–Crippen LogP) is 4.60. The Bertz CT molecular complexity index is 1220. The third-order valence-corrected chi connectivity index (χ3v) is 6.32. The number of carbonyl (C=O) groups is 2. The number of alkyl halides is 2. The van der Waals surface area contributed by atoms with Crippen molar-refractivity contribution in [2.45, 2.75) is 15.5 Å². The van der Waals surface area contributed by atoms with Crippen LogP contribution in [0.25, 0.3) is 0 Å². The van der Waals surface area contributed by atoms with Gasteiger partial charge in [0.2, 0.25) is 0 Å². The molecule has 0 heterocycles. The van der Waals surface area contributed by atoms with Gasteiger partial charge in [-0.2, -0.15) is 8.78 Å². The van der Waals surface area contributed by atoms with Gasteiger partial charge in [-0.15, -0.1) is 0 Å². The molecule has 11 heteroatoms. The standard InChI is InChI=1S/C22H18F2N2O5S2/c23-22(24)32-19-9-5-4-8-18(19)25-20(27)14-31-21(28)15-10-12-17(13-11-15)33(29,30)26-16-6-2-1-3-7-16/h1-13,22,26H,14H2,(H,25,27). The molecule has 0 atom stereocenters. The zero-order valence-corrected chi connectivity index (χ0v) is 18.5. The summed E-state index contributed by atoms with van der Waals surface area (Å²) >= 11 is 0.282. The van der Waals surface area contributed by atoms with E-state index in [0.29, 0.717) is 5.69 Å². The summed E-state index contributed by atoms with van der Waals surface area (Å²) in [7, 11) is -3.85. The summed E-state index contributed by atoms with van der Waals surface area (Å²) in [4.78, 5) is 24.4. The number of para-hydroxylation sites is 2. The van der Waals surface area contributed by atoms with Gasteiger partial charge in [-0.3, -0.25) is 9.52 Å². The lowest BCUT2D eigenvalue weighted by atomic mass is 10.2. The number of hydrogen-bond donors (Lipinski definition) is 2. The summed E-state index contributed by atoms with van der Waals surface area (Å²) in [6, 6.07) is 19.3. The first-order valence-corrected chi connectivity index (χ1v) is 11.8. The highest BCUT2D eigenvalue weighted by Gasteiger charge is 2.17. The summed E-state index contributed by atoms with van der Waals surface area (Å²) in [5, 5.41) is 2.42. The molecule has 7 nitrogen and oxygen atoms in total. The minimum absolute atomic E-state index is 0.0371. The Hall–Kier alpha value is -3.44. The number of ether oxygens (including phenoxy) is 1. The van der Waals surface area contributed by atoms with Crippen LogP contribution in [0.4, 0.5) is 20.2 Å². The van der Waals surface area contributed by atoms with E-state index in [-0.39, 0.29) is 32.8 Å². The Balaban J connectivity index is 1.57. The minimum Gasteiger partial charge on any atom is -0.452 e. The van der Waals surface area contributed by atoms with Crippen molar-refractivity contribution in [1.82, 2.24) is 0 Å². The highest BCUT2D eigenvalue weighted by atomic mass is 32.2. The van der Waals surface area contributed by atoms with E-state index >= 15 is 0 Å². The number of carbonyl (C=O) groups excluding carboxylic acids is 2. The van der Waals surface area contributed by atoms with Crippen LogP contribution in [0.3, 0.4) is 0 Å². The van der Waals surface area contributed by atoms with Crippen molar-refractivity contribution in [3.63, 3.8) is 0 Å². The van der Waals surface area contributed by atoms with E-state index in [4.69, 9.17) is 4.74 Å². The van der Waals surface area contributed by atoms with Gasteiger partial charge in [-0.25, -0.2) is 13.2 Å². The van der Waals surface area contributed by atoms with Crippen LogP contribution in [0.15, 0.2) is 88.7 Å². The second kappa shape index (κ2) is 10.9. The number of anilines is 2. The van der Waals surface area contributed by atoms with Gasteiger partial charge in [0.05, 0.1) is 16.1 Å². The van der Waals surface area contributed by atoms with Crippen molar-refractivity contribution >= 4 is 45.0 Å². The lowest BCUT2D eigenvalue weighted by Gasteiger charge is -2.11. The van der Waals surface area contributed by atoms with Gasteiger partial charge in [0, 0.05) is 10.6 Å². The first-order chi connectivity index (χ1) is 15.7. The topological polar surface area (TPSA) is 102 Å². The number of nitrogens with one attached hydrogen (secondary N) is 2. The molecule has 0 aliphatic heterocycles. The molecule has 172 valence electrons. The monoisotopic (exact) mass is 492 g/mol. The molecule has 3 rings (SSSR count). The molecule has 0 unspecified atom stereocenters. The molecule has 0 saturated heterocycles. The van der Waals surface area contributed by atoms with Crippen LogP contribution < -0.4 is 10.0 Å². The molecule has 33 heavy (non-hydrogen) atoms. The summed E-state index contributed by atoms with van der Waals surface area (Å²) in [5.74, 6) is -4.21. The fourth-order valence-corrected chi connectivity index (χ4v) is 4.31. The molecule has 0 bridgehead atoms. The molecule has 3 aromatic rings. The Labute approximate surface area is 193 Å². The lowest BCUT2D eigenvalue weighted by Crippen LogP contribution is -2.21. The summed E-state index contributed by atoms with van der Waals surface area (Å²) in [6.07, 6.45) is 0. The van der Waals surface area contributed by atoms with Gasteiger partial charge in [0.15, 0.2) is 6.61 Å². The van der Waals surface area contributed by atoms with Gasteiger partial charge in [0.1, 0.15) is 0 Å². The van der Waals surface area contributed by atoms with Crippen LogP contribution in [0.2, 0.25) is 0 Å². The molecule has 0 fully saturated rings.